The normalized spacial score (nSPS) is 23.3. The lowest BCUT2D eigenvalue weighted by atomic mass is 9.84. The van der Waals surface area contributed by atoms with Gasteiger partial charge in [0.05, 0.1) is 12.2 Å². The maximum Gasteiger partial charge on any atom is 0.160 e. The molecule has 0 bridgehead atoms. The molecule has 1 aliphatic rings. The first kappa shape index (κ1) is 15.0. The zero-order valence-electron chi connectivity index (χ0n) is 11.1. The highest BCUT2D eigenvalue weighted by Gasteiger charge is 2.38. The van der Waals surface area contributed by atoms with Crippen LogP contribution in [-0.2, 0) is 9.53 Å². The molecule has 1 saturated heterocycles. The summed E-state index contributed by atoms with van der Waals surface area (Å²) in [5, 5.41) is 9.39. The first-order valence-electron chi connectivity index (χ1n) is 6.59. The minimum Gasteiger partial charge on any atom is -0.377 e. The molecule has 0 radical (unpaired) electrons. The lowest BCUT2D eigenvalue weighted by Gasteiger charge is -2.19. The molecule has 0 N–H and O–H groups in total. The van der Waals surface area contributed by atoms with Crippen molar-refractivity contribution in [3.05, 3.63) is 34.6 Å². The van der Waals surface area contributed by atoms with E-state index in [0.29, 0.717) is 19.4 Å². The second-order valence-electron chi connectivity index (χ2n) is 4.81. The average Bonchev–Trinajstić information content (AvgIpc) is 2.90. The van der Waals surface area contributed by atoms with Gasteiger partial charge in [-0.05, 0) is 25.0 Å². The van der Waals surface area contributed by atoms with E-state index >= 15 is 0 Å². The molecule has 3 nitrogen and oxygen atoms in total. The molecule has 20 heavy (non-hydrogen) atoms. The van der Waals surface area contributed by atoms with Crippen molar-refractivity contribution in [3.63, 3.8) is 0 Å². The molecule has 5 heteroatoms. The van der Waals surface area contributed by atoms with Crippen molar-refractivity contribution in [1.29, 1.82) is 5.26 Å². The lowest BCUT2D eigenvalue weighted by Crippen LogP contribution is -2.28. The van der Waals surface area contributed by atoms with Crippen molar-refractivity contribution in [2.24, 2.45) is 5.92 Å². The fourth-order valence-corrected chi connectivity index (χ4v) is 2.92. The Hall–Kier alpha value is -1.44. The highest BCUT2D eigenvalue weighted by Crippen LogP contribution is 2.34. The summed E-state index contributed by atoms with van der Waals surface area (Å²) in [5.74, 6) is -2.46. The highest BCUT2D eigenvalue weighted by molar-refractivity contribution is 6.31. The summed E-state index contributed by atoms with van der Waals surface area (Å²) in [6.07, 6.45) is 1.07. The highest BCUT2D eigenvalue weighted by atomic mass is 35.5. The van der Waals surface area contributed by atoms with Gasteiger partial charge >= 0.3 is 0 Å². The molecule has 1 aliphatic heterocycles. The van der Waals surface area contributed by atoms with Crippen molar-refractivity contribution in [1.82, 2.24) is 0 Å². The van der Waals surface area contributed by atoms with Gasteiger partial charge < -0.3 is 4.74 Å². The summed E-state index contributed by atoms with van der Waals surface area (Å²) < 4.78 is 19.4. The van der Waals surface area contributed by atoms with Gasteiger partial charge in [0, 0.05) is 23.1 Å². The van der Waals surface area contributed by atoms with Crippen LogP contribution in [0.15, 0.2) is 18.2 Å². The maximum absolute atomic E-state index is 13.9. The number of ether oxygens (including phenoxy) is 1. The SMILES string of the molecule is CCC1OCCC1C(=O)C(C#N)c1c(F)cccc1Cl. The van der Waals surface area contributed by atoms with Gasteiger partial charge in [0.25, 0.3) is 0 Å². The Labute approximate surface area is 122 Å². The molecule has 1 fully saturated rings. The summed E-state index contributed by atoms with van der Waals surface area (Å²) >= 11 is 5.95. The van der Waals surface area contributed by atoms with E-state index in [9.17, 15) is 14.4 Å². The molecule has 0 aliphatic carbocycles. The molecule has 2 rings (SSSR count). The van der Waals surface area contributed by atoms with Crippen LogP contribution < -0.4 is 0 Å². The topological polar surface area (TPSA) is 50.1 Å². The van der Waals surface area contributed by atoms with Crippen molar-refractivity contribution in [2.75, 3.05) is 6.61 Å². The van der Waals surface area contributed by atoms with Gasteiger partial charge in [0.1, 0.15) is 11.7 Å². The Bertz CT molecular complexity index is 535. The second-order valence-corrected chi connectivity index (χ2v) is 5.22. The molecule has 0 saturated carbocycles. The Morgan fingerprint density at radius 2 is 2.40 bits per heavy atom. The van der Waals surface area contributed by atoms with Crippen molar-refractivity contribution >= 4 is 17.4 Å². The number of benzene rings is 1. The van der Waals surface area contributed by atoms with Crippen LogP contribution in [0, 0.1) is 23.1 Å². The van der Waals surface area contributed by atoms with E-state index < -0.39 is 11.7 Å². The predicted molar refractivity (Wildman–Crippen MR) is 72.9 cm³/mol. The van der Waals surface area contributed by atoms with Crippen molar-refractivity contribution in [3.8, 4) is 6.07 Å². The number of hydrogen-bond donors (Lipinski definition) is 0. The summed E-state index contributed by atoms with van der Waals surface area (Å²) in [7, 11) is 0. The van der Waals surface area contributed by atoms with E-state index in [1.807, 2.05) is 13.0 Å². The van der Waals surface area contributed by atoms with Crippen molar-refractivity contribution < 1.29 is 13.9 Å². The van der Waals surface area contributed by atoms with Crippen LogP contribution in [0.25, 0.3) is 0 Å². The van der Waals surface area contributed by atoms with Gasteiger partial charge in [0.2, 0.25) is 0 Å². The van der Waals surface area contributed by atoms with Gasteiger partial charge in [-0.1, -0.05) is 24.6 Å². The number of Topliss-reactive ketones (excluding diaryl/α,β-unsaturated/α-hetero) is 1. The first-order valence-corrected chi connectivity index (χ1v) is 6.96. The third-order valence-electron chi connectivity index (χ3n) is 3.68. The standard InChI is InChI=1S/C15H15ClFNO2/c1-2-13-9(6-7-20-13)15(19)10(8-18)14-11(16)4-3-5-12(14)17/h3-5,9-10,13H,2,6-7H2,1H3. The molecule has 3 unspecified atom stereocenters. The average molecular weight is 296 g/mol. The van der Waals surface area contributed by atoms with Crippen LogP contribution in [0.5, 0.6) is 0 Å². The molecule has 0 aromatic heterocycles. The number of nitrogens with zero attached hydrogens (tertiary/aromatic N) is 1. The van der Waals surface area contributed by atoms with Crippen LogP contribution in [0.4, 0.5) is 4.39 Å². The molecule has 0 spiro atoms. The van der Waals surface area contributed by atoms with E-state index in [0.717, 1.165) is 0 Å². The summed E-state index contributed by atoms with van der Waals surface area (Å²) in [5.41, 5.74) is -0.0246. The maximum atomic E-state index is 13.9. The van der Waals surface area contributed by atoms with Crippen molar-refractivity contribution in [2.45, 2.75) is 31.8 Å². The number of rotatable bonds is 4. The molecule has 1 aromatic carbocycles. The molecular formula is C15H15ClFNO2. The summed E-state index contributed by atoms with van der Waals surface area (Å²) in [6.45, 7) is 2.42. The Morgan fingerprint density at radius 3 is 3.00 bits per heavy atom. The van der Waals surface area contributed by atoms with E-state index in [1.165, 1.54) is 18.2 Å². The first-order chi connectivity index (χ1) is 9.60. The van der Waals surface area contributed by atoms with Gasteiger partial charge in [-0.3, -0.25) is 4.79 Å². The molecular weight excluding hydrogens is 281 g/mol. The zero-order valence-corrected chi connectivity index (χ0v) is 11.9. The van der Waals surface area contributed by atoms with Gasteiger partial charge in [0.15, 0.2) is 5.78 Å². The summed E-state index contributed by atoms with van der Waals surface area (Å²) in [4.78, 5) is 12.5. The summed E-state index contributed by atoms with van der Waals surface area (Å²) in [6, 6.07) is 6.04. The molecule has 0 amide bonds. The third-order valence-corrected chi connectivity index (χ3v) is 4.01. The number of nitriles is 1. The monoisotopic (exact) mass is 295 g/mol. The van der Waals surface area contributed by atoms with Crippen LogP contribution in [0.3, 0.4) is 0 Å². The van der Waals surface area contributed by atoms with Gasteiger partial charge in [-0.15, -0.1) is 0 Å². The van der Waals surface area contributed by atoms with Gasteiger partial charge in [-0.25, -0.2) is 4.39 Å². The van der Waals surface area contributed by atoms with Crippen LogP contribution in [0.1, 0.15) is 31.2 Å². The molecule has 1 heterocycles. The minimum atomic E-state index is -1.18. The fraction of sp³-hybridized carbons (Fsp3) is 0.467. The smallest absolute Gasteiger partial charge is 0.160 e. The van der Waals surface area contributed by atoms with Crippen LogP contribution in [-0.4, -0.2) is 18.5 Å². The second kappa shape index (κ2) is 6.34. The van der Waals surface area contributed by atoms with Crippen LogP contribution >= 0.6 is 11.6 Å². The number of carbonyl (C=O) groups excluding carboxylic acids is 1. The van der Waals surface area contributed by atoms with E-state index in [4.69, 9.17) is 16.3 Å². The molecule has 3 atom stereocenters. The quantitative estimate of drug-likeness (QED) is 0.854. The molecule has 106 valence electrons. The Kier molecular flexibility index (Phi) is 4.74. The van der Waals surface area contributed by atoms with E-state index in [1.54, 1.807) is 0 Å². The van der Waals surface area contributed by atoms with E-state index in [2.05, 4.69) is 0 Å². The molecule has 1 aromatic rings. The Morgan fingerprint density at radius 1 is 1.65 bits per heavy atom. The number of halogens is 2. The van der Waals surface area contributed by atoms with Gasteiger partial charge in [-0.2, -0.15) is 5.26 Å². The fourth-order valence-electron chi connectivity index (χ4n) is 2.65. The predicted octanol–water partition coefficient (Wildman–Crippen LogP) is 3.47. The number of ketones is 1. The van der Waals surface area contributed by atoms with E-state index in [-0.39, 0.29) is 28.4 Å². The zero-order chi connectivity index (χ0) is 14.7. The number of hydrogen-bond acceptors (Lipinski definition) is 3. The minimum absolute atomic E-state index is 0.0246. The number of carbonyl (C=O) groups is 1. The van der Waals surface area contributed by atoms with Crippen LogP contribution in [0.2, 0.25) is 5.02 Å². The lowest BCUT2D eigenvalue weighted by molar-refractivity contribution is -0.124. The third kappa shape index (κ3) is 2.70. The Balaban J connectivity index is 2.34. The largest absolute Gasteiger partial charge is 0.377 e.